The van der Waals surface area contributed by atoms with Crippen LogP contribution in [0.15, 0.2) is 77.7 Å². The summed E-state index contributed by atoms with van der Waals surface area (Å²) in [5.41, 5.74) is 2.08. The maximum atomic E-state index is 13.4. The predicted molar refractivity (Wildman–Crippen MR) is 130 cm³/mol. The largest absolute Gasteiger partial charge is 0.497 e. The van der Waals surface area contributed by atoms with Crippen LogP contribution < -0.4 is 14.4 Å². The number of esters is 1. The van der Waals surface area contributed by atoms with E-state index in [1.165, 1.54) is 31.4 Å². The standard InChI is InChI=1S/C25H26N2O6S/c1-4-33-25(29)19-7-9-20(10-8-19)26-24(28)17-27(21-11-5-18(2)6-12-21)34(30,31)23-15-13-22(32-3)14-16-23/h5-16H,4,17H2,1-3H3,(H,26,28). The number of nitrogens with zero attached hydrogens (tertiary/aromatic N) is 1. The Bertz CT molecular complexity index is 1240. The fourth-order valence-corrected chi connectivity index (χ4v) is 4.56. The molecule has 0 bridgehead atoms. The van der Waals surface area contributed by atoms with Gasteiger partial charge in [-0.15, -0.1) is 0 Å². The molecule has 0 aliphatic rings. The molecule has 0 fully saturated rings. The Morgan fingerprint density at radius 1 is 0.912 bits per heavy atom. The summed E-state index contributed by atoms with van der Waals surface area (Å²) in [5.74, 6) is -0.483. The number of hydrogen-bond donors (Lipinski definition) is 1. The predicted octanol–water partition coefficient (Wildman–Crippen LogP) is 4.01. The van der Waals surface area contributed by atoms with E-state index >= 15 is 0 Å². The summed E-state index contributed by atoms with van der Waals surface area (Å²) in [6, 6.07) is 19.0. The highest BCUT2D eigenvalue weighted by Gasteiger charge is 2.27. The van der Waals surface area contributed by atoms with Gasteiger partial charge in [0.05, 0.1) is 29.9 Å². The minimum atomic E-state index is -4.05. The fourth-order valence-electron chi connectivity index (χ4n) is 3.14. The van der Waals surface area contributed by atoms with Crippen LogP contribution in [0, 0.1) is 6.92 Å². The van der Waals surface area contributed by atoms with E-state index in [0.29, 0.717) is 22.7 Å². The molecule has 0 aromatic heterocycles. The third kappa shape index (κ3) is 5.93. The zero-order valence-corrected chi connectivity index (χ0v) is 20.0. The van der Waals surface area contributed by atoms with Gasteiger partial charge in [-0.3, -0.25) is 9.10 Å². The molecule has 8 nitrogen and oxygen atoms in total. The molecule has 1 N–H and O–H groups in total. The van der Waals surface area contributed by atoms with Gasteiger partial charge in [0.2, 0.25) is 5.91 Å². The molecule has 3 aromatic carbocycles. The molecule has 9 heteroatoms. The van der Waals surface area contributed by atoms with Crippen LogP contribution in [-0.4, -0.2) is 40.6 Å². The number of ether oxygens (including phenoxy) is 2. The number of nitrogens with one attached hydrogen (secondary N) is 1. The van der Waals surface area contributed by atoms with E-state index in [-0.39, 0.29) is 11.5 Å². The summed E-state index contributed by atoms with van der Waals surface area (Å²) in [6.07, 6.45) is 0. The van der Waals surface area contributed by atoms with Crippen LogP contribution in [-0.2, 0) is 19.6 Å². The maximum Gasteiger partial charge on any atom is 0.338 e. The van der Waals surface area contributed by atoms with E-state index in [2.05, 4.69) is 5.32 Å². The SMILES string of the molecule is CCOC(=O)c1ccc(NC(=O)CN(c2ccc(C)cc2)S(=O)(=O)c2ccc(OC)cc2)cc1. The summed E-state index contributed by atoms with van der Waals surface area (Å²) < 4.78 is 38.0. The molecule has 178 valence electrons. The number of hydrogen-bond acceptors (Lipinski definition) is 6. The Morgan fingerprint density at radius 3 is 2.09 bits per heavy atom. The normalized spacial score (nSPS) is 10.9. The Kier molecular flexibility index (Phi) is 7.91. The van der Waals surface area contributed by atoms with Crippen molar-refractivity contribution in [3.05, 3.63) is 83.9 Å². The average Bonchev–Trinajstić information content (AvgIpc) is 2.84. The van der Waals surface area contributed by atoms with Crippen molar-refractivity contribution in [3.8, 4) is 5.75 Å². The first-order chi connectivity index (χ1) is 16.2. The molecule has 0 aliphatic carbocycles. The topological polar surface area (TPSA) is 102 Å². The minimum absolute atomic E-state index is 0.0282. The van der Waals surface area contributed by atoms with E-state index in [9.17, 15) is 18.0 Å². The number of sulfonamides is 1. The molecule has 0 spiro atoms. The van der Waals surface area contributed by atoms with Gasteiger partial charge < -0.3 is 14.8 Å². The number of benzene rings is 3. The van der Waals surface area contributed by atoms with Crippen molar-refractivity contribution in [2.24, 2.45) is 0 Å². The molecule has 0 aliphatic heterocycles. The average molecular weight is 483 g/mol. The molecule has 3 rings (SSSR count). The van der Waals surface area contributed by atoms with Gasteiger partial charge in [-0.1, -0.05) is 17.7 Å². The second-order valence-electron chi connectivity index (χ2n) is 7.37. The van der Waals surface area contributed by atoms with Crippen LogP contribution in [0.4, 0.5) is 11.4 Å². The molecule has 0 saturated heterocycles. The quantitative estimate of drug-likeness (QED) is 0.462. The minimum Gasteiger partial charge on any atom is -0.497 e. The van der Waals surface area contributed by atoms with Crippen LogP contribution in [0.25, 0.3) is 0 Å². The lowest BCUT2D eigenvalue weighted by Crippen LogP contribution is -2.38. The number of amides is 1. The summed E-state index contributed by atoms with van der Waals surface area (Å²) in [6.45, 7) is 3.41. The third-order valence-corrected chi connectivity index (χ3v) is 6.72. The highest BCUT2D eigenvalue weighted by atomic mass is 32.2. The number of carbonyl (C=O) groups is 2. The lowest BCUT2D eigenvalue weighted by Gasteiger charge is -2.24. The molecule has 0 saturated carbocycles. The highest BCUT2D eigenvalue weighted by molar-refractivity contribution is 7.92. The van der Waals surface area contributed by atoms with Crippen molar-refractivity contribution in [2.45, 2.75) is 18.7 Å². The molecular formula is C25H26N2O6S. The molecule has 0 radical (unpaired) electrons. The Labute approximate surface area is 199 Å². The summed E-state index contributed by atoms with van der Waals surface area (Å²) >= 11 is 0. The van der Waals surface area contributed by atoms with E-state index in [4.69, 9.17) is 9.47 Å². The van der Waals surface area contributed by atoms with E-state index in [1.54, 1.807) is 55.5 Å². The Hall–Kier alpha value is -3.85. The molecule has 34 heavy (non-hydrogen) atoms. The van der Waals surface area contributed by atoms with Gasteiger partial charge in [0.25, 0.3) is 10.0 Å². The summed E-state index contributed by atoms with van der Waals surface area (Å²) in [7, 11) is -2.56. The van der Waals surface area contributed by atoms with E-state index in [1.807, 2.05) is 6.92 Å². The Balaban J connectivity index is 1.84. The first kappa shape index (κ1) is 24.8. The van der Waals surface area contributed by atoms with Crippen LogP contribution in [0.5, 0.6) is 5.75 Å². The Morgan fingerprint density at radius 2 is 1.53 bits per heavy atom. The maximum absolute atomic E-state index is 13.4. The van der Waals surface area contributed by atoms with Crippen LogP contribution in [0.2, 0.25) is 0 Å². The number of carbonyl (C=O) groups excluding carboxylic acids is 2. The van der Waals surface area contributed by atoms with E-state index in [0.717, 1.165) is 9.87 Å². The van der Waals surface area contributed by atoms with Gasteiger partial charge in [0.1, 0.15) is 12.3 Å². The van der Waals surface area contributed by atoms with Gasteiger partial charge in [-0.05, 0) is 74.5 Å². The van der Waals surface area contributed by atoms with Crippen LogP contribution in [0.3, 0.4) is 0 Å². The van der Waals surface area contributed by atoms with Crippen molar-refractivity contribution < 1.29 is 27.5 Å². The van der Waals surface area contributed by atoms with Gasteiger partial charge in [-0.25, -0.2) is 13.2 Å². The smallest absolute Gasteiger partial charge is 0.338 e. The molecule has 3 aromatic rings. The van der Waals surface area contributed by atoms with Crippen molar-refractivity contribution in [1.82, 2.24) is 0 Å². The molecule has 1 amide bonds. The van der Waals surface area contributed by atoms with Gasteiger partial charge in [-0.2, -0.15) is 0 Å². The lowest BCUT2D eigenvalue weighted by molar-refractivity contribution is -0.114. The van der Waals surface area contributed by atoms with Crippen molar-refractivity contribution in [3.63, 3.8) is 0 Å². The highest BCUT2D eigenvalue weighted by Crippen LogP contribution is 2.25. The van der Waals surface area contributed by atoms with Gasteiger partial charge >= 0.3 is 5.97 Å². The zero-order valence-electron chi connectivity index (χ0n) is 19.1. The summed E-state index contributed by atoms with van der Waals surface area (Å²) in [4.78, 5) is 24.7. The molecule has 0 unspecified atom stereocenters. The lowest BCUT2D eigenvalue weighted by atomic mass is 10.2. The second kappa shape index (κ2) is 10.8. The van der Waals surface area contributed by atoms with Crippen molar-refractivity contribution in [2.75, 3.05) is 29.9 Å². The number of methoxy groups -OCH3 is 1. The van der Waals surface area contributed by atoms with Crippen molar-refractivity contribution in [1.29, 1.82) is 0 Å². The van der Waals surface area contributed by atoms with Crippen LogP contribution in [0.1, 0.15) is 22.8 Å². The third-order valence-electron chi connectivity index (χ3n) is 4.94. The fraction of sp³-hybridized carbons (Fsp3) is 0.200. The zero-order chi connectivity index (χ0) is 24.7. The number of rotatable bonds is 9. The molecule has 0 heterocycles. The molecule has 0 atom stereocenters. The van der Waals surface area contributed by atoms with Gasteiger partial charge in [0.15, 0.2) is 0 Å². The van der Waals surface area contributed by atoms with E-state index < -0.39 is 28.4 Å². The van der Waals surface area contributed by atoms with Crippen molar-refractivity contribution >= 4 is 33.3 Å². The van der Waals surface area contributed by atoms with Crippen LogP contribution >= 0.6 is 0 Å². The van der Waals surface area contributed by atoms with Gasteiger partial charge in [0, 0.05) is 5.69 Å². The molecular weight excluding hydrogens is 456 g/mol. The monoisotopic (exact) mass is 482 g/mol. The first-order valence-electron chi connectivity index (χ1n) is 10.5. The number of aryl methyl sites for hydroxylation is 1. The first-order valence-corrected chi connectivity index (χ1v) is 12.0. The summed E-state index contributed by atoms with van der Waals surface area (Å²) in [5, 5.41) is 2.68. The second-order valence-corrected chi connectivity index (χ2v) is 9.23. The number of anilines is 2.